The highest BCUT2D eigenvalue weighted by atomic mass is 16.2. The van der Waals surface area contributed by atoms with E-state index < -0.39 is 0 Å². The molecule has 6 nitrogen and oxygen atoms in total. The normalized spacial score (nSPS) is 19.2. The summed E-state index contributed by atoms with van der Waals surface area (Å²) in [6, 6.07) is 0. The molecule has 0 bridgehead atoms. The van der Waals surface area contributed by atoms with Crippen molar-refractivity contribution in [3.05, 3.63) is 24.3 Å². The molecule has 0 aliphatic carbocycles. The summed E-state index contributed by atoms with van der Waals surface area (Å²) in [6.45, 7) is 1.10. The molecule has 2 heterocycles. The first kappa shape index (κ1) is 10.5. The fourth-order valence-electron chi connectivity index (χ4n) is 1.55. The molecule has 1 aromatic heterocycles. The largest absolute Gasteiger partial charge is 0.356 e. The van der Waals surface area contributed by atoms with Crippen LogP contribution in [0.25, 0.3) is 0 Å². The highest BCUT2D eigenvalue weighted by molar-refractivity contribution is 5.91. The second-order valence-corrected chi connectivity index (χ2v) is 3.67. The minimum Gasteiger partial charge on any atom is -0.356 e. The Bertz CT molecular complexity index is 393. The van der Waals surface area contributed by atoms with E-state index >= 15 is 0 Å². The van der Waals surface area contributed by atoms with Gasteiger partial charge in [0.25, 0.3) is 5.91 Å². The summed E-state index contributed by atoms with van der Waals surface area (Å²) in [5.74, 6) is -0.0423. The van der Waals surface area contributed by atoms with Gasteiger partial charge in [-0.3, -0.25) is 14.6 Å². The topological polar surface area (TPSA) is 84.0 Å². The summed E-state index contributed by atoms with van der Waals surface area (Å²) in [6.07, 6.45) is 4.86. The van der Waals surface area contributed by atoms with Crippen LogP contribution < -0.4 is 10.6 Å². The maximum absolute atomic E-state index is 11.6. The van der Waals surface area contributed by atoms with Crippen molar-refractivity contribution in [2.75, 3.05) is 13.1 Å². The molecule has 6 heteroatoms. The van der Waals surface area contributed by atoms with Crippen molar-refractivity contribution in [3.8, 4) is 0 Å². The van der Waals surface area contributed by atoms with E-state index in [0.717, 1.165) is 0 Å². The lowest BCUT2D eigenvalue weighted by Gasteiger charge is -2.08. The number of nitrogens with one attached hydrogen (secondary N) is 2. The SMILES string of the molecule is O=C1CC(CNC(=O)c2cnccn2)CN1. The first-order valence-electron chi connectivity index (χ1n) is 5.06. The van der Waals surface area contributed by atoms with Gasteiger partial charge in [0.2, 0.25) is 5.91 Å². The van der Waals surface area contributed by atoms with Crippen LogP contribution in [0.5, 0.6) is 0 Å². The fourth-order valence-corrected chi connectivity index (χ4v) is 1.55. The van der Waals surface area contributed by atoms with Crippen LogP contribution in [-0.4, -0.2) is 34.9 Å². The number of aromatic nitrogens is 2. The Morgan fingerprint density at radius 2 is 2.44 bits per heavy atom. The van der Waals surface area contributed by atoms with Gasteiger partial charge in [0, 0.05) is 37.8 Å². The van der Waals surface area contributed by atoms with E-state index in [0.29, 0.717) is 25.2 Å². The Morgan fingerprint density at radius 1 is 1.56 bits per heavy atom. The number of nitrogens with zero attached hydrogens (tertiary/aromatic N) is 2. The molecule has 84 valence electrons. The molecular weight excluding hydrogens is 208 g/mol. The number of rotatable bonds is 3. The second-order valence-electron chi connectivity index (χ2n) is 3.67. The van der Waals surface area contributed by atoms with Crippen molar-refractivity contribution in [2.24, 2.45) is 5.92 Å². The van der Waals surface area contributed by atoms with Crippen molar-refractivity contribution in [1.29, 1.82) is 0 Å². The molecule has 1 atom stereocenters. The first-order valence-corrected chi connectivity index (χ1v) is 5.06. The summed E-state index contributed by atoms with van der Waals surface area (Å²) < 4.78 is 0. The van der Waals surface area contributed by atoms with E-state index in [9.17, 15) is 9.59 Å². The zero-order valence-electron chi connectivity index (χ0n) is 8.64. The van der Waals surface area contributed by atoms with Gasteiger partial charge in [0.15, 0.2) is 0 Å². The van der Waals surface area contributed by atoms with E-state index in [4.69, 9.17) is 0 Å². The molecule has 1 unspecified atom stereocenters. The van der Waals surface area contributed by atoms with Gasteiger partial charge < -0.3 is 10.6 Å². The summed E-state index contributed by atoms with van der Waals surface area (Å²) in [5.41, 5.74) is 0.291. The van der Waals surface area contributed by atoms with Crippen molar-refractivity contribution in [2.45, 2.75) is 6.42 Å². The summed E-state index contributed by atoms with van der Waals surface area (Å²) in [4.78, 5) is 30.2. The van der Waals surface area contributed by atoms with Gasteiger partial charge in [0.1, 0.15) is 5.69 Å². The Balaban J connectivity index is 1.82. The lowest BCUT2D eigenvalue weighted by molar-refractivity contribution is -0.119. The quantitative estimate of drug-likeness (QED) is 0.708. The molecular formula is C10H12N4O2. The average molecular weight is 220 g/mol. The number of hydrogen-bond donors (Lipinski definition) is 2. The zero-order valence-corrected chi connectivity index (χ0v) is 8.64. The fraction of sp³-hybridized carbons (Fsp3) is 0.400. The molecule has 1 aliphatic rings. The van der Waals surface area contributed by atoms with Gasteiger partial charge in [-0.25, -0.2) is 4.98 Å². The van der Waals surface area contributed by atoms with Crippen LogP contribution in [0.2, 0.25) is 0 Å². The Hall–Kier alpha value is -1.98. The smallest absolute Gasteiger partial charge is 0.271 e. The Kier molecular flexibility index (Phi) is 3.09. The predicted octanol–water partition coefficient (Wildman–Crippen LogP) is -0.657. The Morgan fingerprint density at radius 3 is 3.06 bits per heavy atom. The van der Waals surface area contributed by atoms with Crippen molar-refractivity contribution in [1.82, 2.24) is 20.6 Å². The summed E-state index contributed by atoms with van der Waals surface area (Å²) in [7, 11) is 0. The van der Waals surface area contributed by atoms with Crippen LogP contribution in [-0.2, 0) is 4.79 Å². The van der Waals surface area contributed by atoms with Crippen LogP contribution in [0.1, 0.15) is 16.9 Å². The zero-order chi connectivity index (χ0) is 11.4. The van der Waals surface area contributed by atoms with Gasteiger partial charge in [0.05, 0.1) is 6.20 Å². The first-order chi connectivity index (χ1) is 7.75. The number of hydrogen-bond acceptors (Lipinski definition) is 4. The van der Waals surface area contributed by atoms with Gasteiger partial charge in [-0.15, -0.1) is 0 Å². The van der Waals surface area contributed by atoms with Gasteiger partial charge in [-0.1, -0.05) is 0 Å². The van der Waals surface area contributed by atoms with E-state index in [1.165, 1.54) is 18.6 Å². The summed E-state index contributed by atoms with van der Waals surface area (Å²) >= 11 is 0. The molecule has 1 saturated heterocycles. The summed E-state index contributed by atoms with van der Waals surface area (Å²) in [5, 5.41) is 5.44. The molecule has 0 spiro atoms. The highest BCUT2D eigenvalue weighted by Crippen LogP contribution is 2.07. The van der Waals surface area contributed by atoms with Crippen molar-refractivity contribution >= 4 is 11.8 Å². The molecule has 0 aromatic carbocycles. The molecule has 2 rings (SSSR count). The third kappa shape index (κ3) is 2.53. The number of amides is 2. The number of carbonyl (C=O) groups is 2. The molecule has 1 aromatic rings. The molecule has 1 fully saturated rings. The standard InChI is InChI=1S/C10H12N4O2/c15-9-3-7(4-13-9)5-14-10(16)8-6-11-1-2-12-8/h1-2,6-7H,3-5H2,(H,13,15)(H,14,16). The molecule has 2 N–H and O–H groups in total. The van der Waals surface area contributed by atoms with Crippen LogP contribution >= 0.6 is 0 Å². The monoisotopic (exact) mass is 220 g/mol. The molecule has 1 aliphatic heterocycles. The maximum atomic E-state index is 11.6. The van der Waals surface area contributed by atoms with E-state index in [1.54, 1.807) is 0 Å². The minimum absolute atomic E-state index is 0.0405. The van der Waals surface area contributed by atoms with Crippen LogP contribution in [0.4, 0.5) is 0 Å². The third-order valence-corrected chi connectivity index (χ3v) is 2.41. The van der Waals surface area contributed by atoms with Gasteiger partial charge in [-0.2, -0.15) is 0 Å². The minimum atomic E-state index is -0.257. The van der Waals surface area contributed by atoms with E-state index in [2.05, 4.69) is 20.6 Å². The second kappa shape index (κ2) is 4.69. The maximum Gasteiger partial charge on any atom is 0.271 e. The molecule has 16 heavy (non-hydrogen) atoms. The average Bonchev–Trinajstić information content (AvgIpc) is 2.73. The molecule has 2 amide bonds. The molecule has 0 saturated carbocycles. The highest BCUT2D eigenvalue weighted by Gasteiger charge is 2.21. The lowest BCUT2D eigenvalue weighted by Crippen LogP contribution is -2.30. The van der Waals surface area contributed by atoms with E-state index in [-0.39, 0.29) is 17.7 Å². The van der Waals surface area contributed by atoms with Crippen LogP contribution in [0.15, 0.2) is 18.6 Å². The van der Waals surface area contributed by atoms with E-state index in [1.807, 2.05) is 0 Å². The van der Waals surface area contributed by atoms with Gasteiger partial charge >= 0.3 is 0 Å². The predicted molar refractivity (Wildman–Crippen MR) is 55.5 cm³/mol. The lowest BCUT2D eigenvalue weighted by atomic mass is 10.1. The van der Waals surface area contributed by atoms with Crippen molar-refractivity contribution in [3.63, 3.8) is 0 Å². The van der Waals surface area contributed by atoms with Crippen molar-refractivity contribution < 1.29 is 9.59 Å². The number of carbonyl (C=O) groups excluding carboxylic acids is 2. The van der Waals surface area contributed by atoms with Crippen LogP contribution in [0, 0.1) is 5.92 Å². The van der Waals surface area contributed by atoms with Gasteiger partial charge in [-0.05, 0) is 0 Å². The third-order valence-electron chi connectivity index (χ3n) is 2.41. The van der Waals surface area contributed by atoms with Crippen LogP contribution in [0.3, 0.4) is 0 Å². The Labute approximate surface area is 92.5 Å². The molecule has 0 radical (unpaired) electrons.